The highest BCUT2D eigenvalue weighted by atomic mass is 19.1. The van der Waals surface area contributed by atoms with E-state index < -0.39 is 0 Å². The van der Waals surface area contributed by atoms with Crippen molar-refractivity contribution in [1.82, 2.24) is 35.1 Å². The summed E-state index contributed by atoms with van der Waals surface area (Å²) in [7, 11) is 1.51. The summed E-state index contributed by atoms with van der Waals surface area (Å²) >= 11 is 0. The zero-order valence-electron chi connectivity index (χ0n) is 17.4. The van der Waals surface area contributed by atoms with E-state index in [0.29, 0.717) is 17.0 Å². The van der Waals surface area contributed by atoms with Crippen LogP contribution in [0.2, 0.25) is 0 Å². The third kappa shape index (κ3) is 3.26. The minimum absolute atomic E-state index is 0.387. The molecule has 2 N–H and O–H groups in total. The summed E-state index contributed by atoms with van der Waals surface area (Å²) in [4.78, 5) is 20.6. The van der Waals surface area contributed by atoms with Gasteiger partial charge in [-0.1, -0.05) is 0 Å². The quantitative estimate of drug-likeness (QED) is 0.411. The van der Waals surface area contributed by atoms with Crippen LogP contribution in [-0.2, 0) is 0 Å². The van der Waals surface area contributed by atoms with Crippen molar-refractivity contribution in [3.05, 3.63) is 73.3 Å². The zero-order chi connectivity index (χ0) is 22.4. The number of pyridine rings is 2. The number of nitrogens with one attached hydrogen (secondary N) is 2. The molecule has 160 valence electrons. The maximum absolute atomic E-state index is 14.1. The number of halogens is 1. The topological polar surface area (TPSA) is 105 Å². The molecule has 6 rings (SSSR count). The van der Waals surface area contributed by atoms with Gasteiger partial charge in [0.25, 0.3) is 0 Å². The number of H-pyrrole nitrogens is 2. The molecule has 9 heteroatoms. The minimum Gasteiger partial charge on any atom is -0.497 e. The predicted octanol–water partition coefficient (Wildman–Crippen LogP) is 4.77. The van der Waals surface area contributed by atoms with Crippen LogP contribution in [0.15, 0.2) is 67.5 Å². The van der Waals surface area contributed by atoms with Crippen LogP contribution in [0.25, 0.3) is 55.7 Å². The number of ether oxygens (including phenoxy) is 1. The molecule has 0 radical (unpaired) electrons. The van der Waals surface area contributed by atoms with Crippen molar-refractivity contribution in [3.8, 4) is 39.7 Å². The van der Waals surface area contributed by atoms with Gasteiger partial charge in [0, 0.05) is 52.1 Å². The average Bonchev–Trinajstić information content (AvgIpc) is 3.47. The van der Waals surface area contributed by atoms with E-state index in [2.05, 4.69) is 35.1 Å². The van der Waals surface area contributed by atoms with Crippen LogP contribution in [0.1, 0.15) is 0 Å². The van der Waals surface area contributed by atoms with Gasteiger partial charge in [-0.2, -0.15) is 5.10 Å². The van der Waals surface area contributed by atoms with Crippen LogP contribution in [0.3, 0.4) is 0 Å². The lowest BCUT2D eigenvalue weighted by atomic mass is 10.1. The van der Waals surface area contributed by atoms with E-state index >= 15 is 0 Å². The Balaban J connectivity index is 1.50. The third-order valence-corrected chi connectivity index (χ3v) is 5.49. The predicted molar refractivity (Wildman–Crippen MR) is 122 cm³/mol. The number of hydrogen-bond donors (Lipinski definition) is 2. The molecule has 0 aliphatic carbocycles. The Morgan fingerprint density at radius 3 is 2.55 bits per heavy atom. The van der Waals surface area contributed by atoms with Gasteiger partial charge in [-0.05, 0) is 30.3 Å². The Morgan fingerprint density at radius 2 is 1.70 bits per heavy atom. The SMILES string of the molecule is COc1cc(F)cc(-c2nccc3[nH]c(-c4n[nH]c5cnc(-c6cncnc6)cc45)cc23)c1. The van der Waals surface area contributed by atoms with Crippen LogP contribution >= 0.6 is 0 Å². The van der Waals surface area contributed by atoms with E-state index in [1.807, 2.05) is 18.2 Å². The van der Waals surface area contributed by atoms with Crippen molar-refractivity contribution in [2.75, 3.05) is 7.11 Å². The molecular formula is C24H16FN7O. The van der Waals surface area contributed by atoms with Crippen molar-refractivity contribution in [2.24, 2.45) is 0 Å². The highest BCUT2D eigenvalue weighted by molar-refractivity contribution is 6.00. The number of hydrogen-bond acceptors (Lipinski definition) is 6. The molecule has 0 atom stereocenters. The molecule has 33 heavy (non-hydrogen) atoms. The second-order valence-corrected chi connectivity index (χ2v) is 7.50. The minimum atomic E-state index is -0.387. The Morgan fingerprint density at radius 1 is 0.848 bits per heavy atom. The standard InChI is InChI=1S/C24H16FN7O/c1-33-16-5-13(4-15(25)6-16)23-17-8-21(30-19(17)2-3-28-23)24-18-7-20(14-9-26-12-27-10-14)29-11-22(18)31-32-24/h2-12,30H,1H3,(H,31,32). The summed E-state index contributed by atoms with van der Waals surface area (Å²) in [6.45, 7) is 0. The van der Waals surface area contributed by atoms with Gasteiger partial charge in [0.15, 0.2) is 0 Å². The summed E-state index contributed by atoms with van der Waals surface area (Å²) < 4.78 is 19.4. The third-order valence-electron chi connectivity index (χ3n) is 5.49. The first-order valence-electron chi connectivity index (χ1n) is 10.1. The van der Waals surface area contributed by atoms with Gasteiger partial charge in [0.2, 0.25) is 0 Å². The van der Waals surface area contributed by atoms with Gasteiger partial charge < -0.3 is 9.72 Å². The molecule has 6 aromatic rings. The number of benzene rings is 1. The molecule has 1 aromatic carbocycles. The summed E-state index contributed by atoms with van der Waals surface area (Å²) in [6, 6.07) is 10.3. The zero-order valence-corrected chi connectivity index (χ0v) is 17.4. The average molecular weight is 437 g/mol. The molecule has 5 aromatic heterocycles. The summed E-state index contributed by atoms with van der Waals surface area (Å²) in [5, 5.41) is 9.29. The lowest BCUT2D eigenvalue weighted by molar-refractivity contribution is 0.411. The second-order valence-electron chi connectivity index (χ2n) is 7.50. The van der Waals surface area contributed by atoms with Crippen molar-refractivity contribution < 1.29 is 9.13 Å². The number of aromatic amines is 2. The Labute approximate surface area is 186 Å². The number of nitrogens with zero attached hydrogens (tertiary/aromatic N) is 5. The van der Waals surface area contributed by atoms with Crippen LogP contribution in [0, 0.1) is 5.82 Å². The van der Waals surface area contributed by atoms with Crippen LogP contribution in [0.4, 0.5) is 4.39 Å². The van der Waals surface area contributed by atoms with Gasteiger partial charge in [-0.3, -0.25) is 15.1 Å². The van der Waals surface area contributed by atoms with Gasteiger partial charge in [0.05, 0.1) is 35.9 Å². The molecule has 0 aliphatic rings. The van der Waals surface area contributed by atoms with E-state index in [9.17, 15) is 4.39 Å². The number of rotatable bonds is 4. The molecule has 8 nitrogen and oxygen atoms in total. The molecule has 0 unspecified atom stereocenters. The molecule has 0 spiro atoms. The fourth-order valence-electron chi connectivity index (χ4n) is 3.94. The van der Waals surface area contributed by atoms with E-state index in [4.69, 9.17) is 4.74 Å². The first-order valence-corrected chi connectivity index (χ1v) is 10.1. The van der Waals surface area contributed by atoms with Gasteiger partial charge >= 0.3 is 0 Å². The molecule has 0 fully saturated rings. The molecular weight excluding hydrogens is 421 g/mol. The van der Waals surface area contributed by atoms with Crippen molar-refractivity contribution in [3.63, 3.8) is 0 Å². The number of aromatic nitrogens is 7. The largest absolute Gasteiger partial charge is 0.497 e. The number of methoxy groups -OCH3 is 1. The molecule has 0 bridgehead atoms. The summed E-state index contributed by atoms with van der Waals surface area (Å²) in [5.41, 5.74) is 6.05. The molecule has 0 saturated carbocycles. The lowest BCUT2D eigenvalue weighted by Gasteiger charge is -2.06. The first kappa shape index (κ1) is 19.1. The number of fused-ring (bicyclic) bond motifs is 2. The monoisotopic (exact) mass is 437 g/mol. The van der Waals surface area contributed by atoms with Crippen LogP contribution in [0.5, 0.6) is 5.75 Å². The molecule has 0 amide bonds. The van der Waals surface area contributed by atoms with E-state index in [0.717, 1.165) is 44.5 Å². The molecule has 5 heterocycles. The van der Waals surface area contributed by atoms with E-state index in [1.54, 1.807) is 30.9 Å². The summed E-state index contributed by atoms with van der Waals surface area (Å²) in [5.74, 6) is 0.0462. The summed E-state index contributed by atoms with van der Waals surface area (Å²) in [6.07, 6.45) is 8.35. The fourth-order valence-corrected chi connectivity index (χ4v) is 3.94. The van der Waals surface area contributed by atoms with Gasteiger partial charge in [-0.15, -0.1) is 0 Å². The lowest BCUT2D eigenvalue weighted by Crippen LogP contribution is -1.89. The Hall–Kier alpha value is -4.66. The Kier molecular flexibility index (Phi) is 4.32. The van der Waals surface area contributed by atoms with Crippen molar-refractivity contribution in [1.29, 1.82) is 0 Å². The van der Waals surface area contributed by atoms with Crippen molar-refractivity contribution >= 4 is 21.8 Å². The first-order chi connectivity index (χ1) is 16.2. The fraction of sp³-hybridized carbons (Fsp3) is 0.0417. The maximum Gasteiger partial charge on any atom is 0.127 e. The Bertz CT molecular complexity index is 1620. The van der Waals surface area contributed by atoms with E-state index in [-0.39, 0.29) is 5.82 Å². The molecule has 0 saturated heterocycles. The van der Waals surface area contributed by atoms with Gasteiger partial charge in [-0.25, -0.2) is 14.4 Å². The van der Waals surface area contributed by atoms with Crippen LogP contribution < -0.4 is 4.74 Å². The van der Waals surface area contributed by atoms with E-state index in [1.165, 1.54) is 25.6 Å². The highest BCUT2D eigenvalue weighted by Crippen LogP contribution is 2.34. The normalized spacial score (nSPS) is 11.3. The smallest absolute Gasteiger partial charge is 0.127 e. The second kappa shape index (κ2) is 7.49. The highest BCUT2D eigenvalue weighted by Gasteiger charge is 2.16. The van der Waals surface area contributed by atoms with Crippen LogP contribution in [-0.4, -0.2) is 42.2 Å². The molecule has 0 aliphatic heterocycles. The van der Waals surface area contributed by atoms with Crippen molar-refractivity contribution in [2.45, 2.75) is 0 Å². The maximum atomic E-state index is 14.1. The van der Waals surface area contributed by atoms with Gasteiger partial charge in [0.1, 0.15) is 23.6 Å².